The van der Waals surface area contributed by atoms with Crippen molar-refractivity contribution in [2.24, 2.45) is 11.8 Å². The number of nitrogens with zero attached hydrogens (tertiary/aromatic N) is 1. The van der Waals surface area contributed by atoms with Crippen molar-refractivity contribution in [3.05, 3.63) is 35.9 Å². The Labute approximate surface area is 140 Å². The summed E-state index contributed by atoms with van der Waals surface area (Å²) < 4.78 is 0. The predicted molar refractivity (Wildman–Crippen MR) is 93.4 cm³/mol. The minimum atomic E-state index is 0.296. The van der Waals surface area contributed by atoms with Crippen LogP contribution in [0.15, 0.2) is 30.3 Å². The second-order valence-electron chi connectivity index (χ2n) is 7.83. The Hall–Kier alpha value is -1.35. The average molecular weight is 315 g/mol. The van der Waals surface area contributed by atoms with E-state index in [4.69, 9.17) is 0 Å². The standard InChI is InChI=1S/C20H30N2O/c1-16-12-17(2)15-22(14-16)19-8-10-21(11-9-19)20(23)13-18-6-4-3-5-7-18/h3-7,16-17,19H,8-15H2,1-2H3/p+1/t16-,17+. The first-order chi connectivity index (χ1) is 11.1. The molecule has 0 bridgehead atoms. The maximum Gasteiger partial charge on any atom is 0.226 e. The second-order valence-corrected chi connectivity index (χ2v) is 7.83. The highest BCUT2D eigenvalue weighted by Crippen LogP contribution is 2.16. The molecule has 0 radical (unpaired) electrons. The van der Waals surface area contributed by atoms with Crippen LogP contribution in [0, 0.1) is 11.8 Å². The quantitative estimate of drug-likeness (QED) is 0.903. The zero-order chi connectivity index (χ0) is 16.2. The number of piperidine rings is 2. The molecule has 3 heteroatoms. The SMILES string of the molecule is C[C@@H]1C[C@H](C)C[NH+](C2CCN(C(=O)Cc3ccccc3)CC2)C1. The van der Waals surface area contributed by atoms with Crippen molar-refractivity contribution in [1.82, 2.24) is 4.90 Å². The summed E-state index contributed by atoms with van der Waals surface area (Å²) >= 11 is 0. The molecule has 0 aliphatic carbocycles. The van der Waals surface area contributed by atoms with Crippen molar-refractivity contribution >= 4 is 5.91 Å². The van der Waals surface area contributed by atoms with Crippen molar-refractivity contribution in [1.29, 1.82) is 0 Å². The molecular weight excluding hydrogens is 284 g/mol. The Morgan fingerprint density at radius 1 is 1.09 bits per heavy atom. The van der Waals surface area contributed by atoms with Crippen LogP contribution < -0.4 is 4.90 Å². The molecule has 2 fully saturated rings. The molecule has 2 saturated heterocycles. The Morgan fingerprint density at radius 3 is 2.30 bits per heavy atom. The molecule has 0 saturated carbocycles. The number of hydrogen-bond acceptors (Lipinski definition) is 1. The van der Waals surface area contributed by atoms with E-state index in [2.05, 4.69) is 18.7 Å². The second kappa shape index (κ2) is 7.48. The zero-order valence-corrected chi connectivity index (χ0v) is 14.6. The van der Waals surface area contributed by atoms with Crippen LogP contribution in [-0.2, 0) is 11.2 Å². The third-order valence-corrected chi connectivity index (χ3v) is 5.65. The van der Waals surface area contributed by atoms with Crippen molar-refractivity contribution < 1.29 is 9.69 Å². The van der Waals surface area contributed by atoms with Gasteiger partial charge in [-0.3, -0.25) is 4.79 Å². The molecule has 3 atom stereocenters. The van der Waals surface area contributed by atoms with Gasteiger partial charge in [0.05, 0.1) is 25.6 Å². The summed E-state index contributed by atoms with van der Waals surface area (Å²) in [4.78, 5) is 16.4. The van der Waals surface area contributed by atoms with Crippen molar-refractivity contribution in [3.63, 3.8) is 0 Å². The largest absolute Gasteiger partial charge is 0.342 e. The van der Waals surface area contributed by atoms with E-state index in [9.17, 15) is 4.79 Å². The van der Waals surface area contributed by atoms with E-state index in [1.165, 1.54) is 32.4 Å². The van der Waals surface area contributed by atoms with Gasteiger partial charge in [-0.05, 0) is 12.0 Å². The van der Waals surface area contributed by atoms with Crippen molar-refractivity contribution in [2.45, 2.75) is 45.6 Å². The number of quaternary nitrogens is 1. The van der Waals surface area contributed by atoms with E-state index >= 15 is 0 Å². The van der Waals surface area contributed by atoms with Gasteiger partial charge in [0.25, 0.3) is 0 Å². The lowest BCUT2D eigenvalue weighted by Gasteiger charge is -2.41. The molecule has 1 aromatic rings. The number of likely N-dealkylation sites (tertiary alicyclic amines) is 2. The summed E-state index contributed by atoms with van der Waals surface area (Å²) in [6.45, 7) is 9.34. The fourth-order valence-corrected chi connectivity index (χ4v) is 4.58. The lowest BCUT2D eigenvalue weighted by molar-refractivity contribution is -0.938. The average Bonchev–Trinajstić information content (AvgIpc) is 2.55. The van der Waals surface area contributed by atoms with Gasteiger partial charge in [-0.15, -0.1) is 0 Å². The maximum absolute atomic E-state index is 12.5. The van der Waals surface area contributed by atoms with Crippen molar-refractivity contribution in [3.8, 4) is 0 Å². The third-order valence-electron chi connectivity index (χ3n) is 5.65. The Morgan fingerprint density at radius 2 is 1.70 bits per heavy atom. The number of carbonyl (C=O) groups excluding carboxylic acids is 1. The molecule has 23 heavy (non-hydrogen) atoms. The highest BCUT2D eigenvalue weighted by atomic mass is 16.2. The van der Waals surface area contributed by atoms with Crippen LogP contribution in [0.4, 0.5) is 0 Å². The molecule has 2 aliphatic rings. The fourth-order valence-electron chi connectivity index (χ4n) is 4.58. The molecule has 2 heterocycles. The van der Waals surface area contributed by atoms with Crippen LogP contribution in [0.25, 0.3) is 0 Å². The molecule has 1 aromatic carbocycles. The van der Waals surface area contributed by atoms with Gasteiger partial charge in [-0.2, -0.15) is 0 Å². The summed E-state index contributed by atoms with van der Waals surface area (Å²) in [5, 5.41) is 0. The number of amides is 1. The first-order valence-corrected chi connectivity index (χ1v) is 9.28. The molecule has 126 valence electrons. The highest BCUT2D eigenvalue weighted by molar-refractivity contribution is 5.78. The van der Waals surface area contributed by atoms with Crippen LogP contribution in [-0.4, -0.2) is 43.0 Å². The minimum absolute atomic E-state index is 0.296. The van der Waals surface area contributed by atoms with E-state index in [1.54, 1.807) is 4.90 Å². The van der Waals surface area contributed by atoms with E-state index in [-0.39, 0.29) is 0 Å². The Bertz CT molecular complexity index is 498. The summed E-state index contributed by atoms with van der Waals surface area (Å²) in [6, 6.07) is 10.9. The third kappa shape index (κ3) is 4.35. The normalized spacial score (nSPS) is 29.5. The van der Waals surface area contributed by atoms with Gasteiger partial charge in [0.2, 0.25) is 5.91 Å². The topological polar surface area (TPSA) is 24.8 Å². The molecule has 0 aromatic heterocycles. The summed E-state index contributed by atoms with van der Waals surface area (Å²) in [5.74, 6) is 2.00. The number of hydrogen-bond donors (Lipinski definition) is 1. The first kappa shape index (κ1) is 16.5. The van der Waals surface area contributed by atoms with Crippen molar-refractivity contribution in [2.75, 3.05) is 26.2 Å². The van der Waals surface area contributed by atoms with E-state index in [0.717, 1.165) is 36.5 Å². The van der Waals surface area contributed by atoms with Crippen LogP contribution in [0.5, 0.6) is 0 Å². The summed E-state index contributed by atoms with van der Waals surface area (Å²) in [6.07, 6.45) is 4.29. The molecular formula is C20H31N2O+. The van der Waals surface area contributed by atoms with Gasteiger partial charge in [0.15, 0.2) is 0 Å². The summed E-state index contributed by atoms with van der Waals surface area (Å²) in [5.41, 5.74) is 1.13. The molecule has 2 aliphatic heterocycles. The maximum atomic E-state index is 12.5. The lowest BCUT2D eigenvalue weighted by Crippen LogP contribution is -3.18. The molecule has 1 unspecified atom stereocenters. The van der Waals surface area contributed by atoms with E-state index in [0.29, 0.717) is 12.3 Å². The smallest absolute Gasteiger partial charge is 0.226 e. The molecule has 1 amide bonds. The van der Waals surface area contributed by atoms with Gasteiger partial charge >= 0.3 is 0 Å². The first-order valence-electron chi connectivity index (χ1n) is 9.28. The minimum Gasteiger partial charge on any atom is -0.342 e. The molecule has 3 rings (SSSR count). The number of carbonyl (C=O) groups is 1. The van der Waals surface area contributed by atoms with Gasteiger partial charge in [0, 0.05) is 37.8 Å². The van der Waals surface area contributed by atoms with Gasteiger partial charge in [-0.25, -0.2) is 0 Å². The fraction of sp³-hybridized carbons (Fsp3) is 0.650. The monoisotopic (exact) mass is 315 g/mol. The zero-order valence-electron chi connectivity index (χ0n) is 14.6. The molecule has 1 N–H and O–H groups in total. The Kier molecular flexibility index (Phi) is 5.37. The predicted octanol–water partition coefficient (Wildman–Crippen LogP) is 1.78. The summed E-state index contributed by atoms with van der Waals surface area (Å²) in [7, 11) is 0. The van der Waals surface area contributed by atoms with Gasteiger partial charge in [0.1, 0.15) is 0 Å². The number of nitrogens with one attached hydrogen (secondary N) is 1. The van der Waals surface area contributed by atoms with Crippen LogP contribution in [0.3, 0.4) is 0 Å². The number of benzene rings is 1. The molecule has 3 nitrogen and oxygen atoms in total. The van der Waals surface area contributed by atoms with Crippen LogP contribution in [0.1, 0.15) is 38.7 Å². The van der Waals surface area contributed by atoms with Crippen LogP contribution in [0.2, 0.25) is 0 Å². The molecule has 0 spiro atoms. The van der Waals surface area contributed by atoms with Crippen LogP contribution >= 0.6 is 0 Å². The van der Waals surface area contributed by atoms with Gasteiger partial charge < -0.3 is 9.80 Å². The lowest BCUT2D eigenvalue weighted by atomic mass is 9.89. The van der Waals surface area contributed by atoms with Gasteiger partial charge in [-0.1, -0.05) is 44.2 Å². The van der Waals surface area contributed by atoms with E-state index < -0.39 is 0 Å². The Balaban J connectivity index is 1.49. The number of rotatable bonds is 3. The van der Waals surface area contributed by atoms with E-state index in [1.807, 2.05) is 30.3 Å². The highest BCUT2D eigenvalue weighted by Gasteiger charge is 2.34.